The summed E-state index contributed by atoms with van der Waals surface area (Å²) in [6.07, 6.45) is -7.01. The lowest BCUT2D eigenvalue weighted by Crippen LogP contribution is -2.46. The minimum atomic E-state index is -5.75. The smallest absolute Gasteiger partial charge is 0.478 e. The summed E-state index contributed by atoms with van der Waals surface area (Å²) in [7, 11) is -11.2. The van der Waals surface area contributed by atoms with Gasteiger partial charge in [-0.2, -0.15) is 4.57 Å². The number of fused-ring (bicyclic) bond motifs is 1. The van der Waals surface area contributed by atoms with Crippen molar-refractivity contribution in [2.24, 2.45) is 5.73 Å². The van der Waals surface area contributed by atoms with E-state index in [-0.39, 0.29) is 22.0 Å². The van der Waals surface area contributed by atoms with Crippen molar-refractivity contribution in [1.82, 2.24) is 19.5 Å². The number of aliphatic hydroxyl groups excluding tert-OH is 4. The maximum Gasteiger partial charge on any atom is 0.478 e. The van der Waals surface area contributed by atoms with Gasteiger partial charge in [0.2, 0.25) is 0 Å². The second-order valence-corrected chi connectivity index (χ2v) is 13.0. The zero-order chi connectivity index (χ0) is 32.0. The van der Waals surface area contributed by atoms with Crippen LogP contribution in [0.3, 0.4) is 0 Å². The zero-order valence-electron chi connectivity index (χ0n) is 22.2. The monoisotopic (exact) mass is 679 g/mol. The van der Waals surface area contributed by atoms with E-state index >= 15 is 0 Å². The molecule has 20 nitrogen and oxygen atoms in total. The molecule has 240 valence electrons. The van der Waals surface area contributed by atoms with Crippen molar-refractivity contribution < 1.29 is 66.7 Å². The van der Waals surface area contributed by atoms with Crippen LogP contribution in [-0.2, 0) is 32.0 Å². The summed E-state index contributed by atoms with van der Waals surface area (Å²) in [6, 6.07) is 3.11. The number of rotatable bonds is 11. The number of anilines is 1. The summed E-state index contributed by atoms with van der Waals surface area (Å²) < 4.78 is 52.6. The van der Waals surface area contributed by atoms with Crippen LogP contribution in [0.4, 0.5) is 5.82 Å². The van der Waals surface area contributed by atoms with Crippen LogP contribution in [0.15, 0.2) is 37.2 Å². The number of imidazole rings is 1. The number of hydrogen-bond donors (Lipinski definition) is 7. The van der Waals surface area contributed by atoms with Gasteiger partial charge >= 0.3 is 7.82 Å². The van der Waals surface area contributed by atoms with Crippen LogP contribution in [0.5, 0.6) is 0 Å². The molecule has 3 unspecified atom stereocenters. The fourth-order valence-corrected chi connectivity index (χ4v) is 7.05. The summed E-state index contributed by atoms with van der Waals surface area (Å²) in [5.74, 6) is 0.0472. The molecule has 23 heteroatoms. The molecule has 0 amide bonds. The molecule has 0 bridgehead atoms. The Kier molecular flexibility index (Phi) is 9.44. The van der Waals surface area contributed by atoms with Crippen molar-refractivity contribution in [2.45, 2.75) is 49.1 Å². The van der Waals surface area contributed by atoms with Gasteiger partial charge in [-0.15, -0.1) is 0 Å². The van der Waals surface area contributed by atoms with E-state index in [0.717, 1.165) is 6.33 Å². The average molecular weight is 679 g/mol. The van der Waals surface area contributed by atoms with E-state index in [9.17, 15) is 39.3 Å². The number of ether oxygens (including phenoxy) is 2. The van der Waals surface area contributed by atoms with Gasteiger partial charge in [0.05, 0.1) is 25.1 Å². The molecule has 3 aromatic rings. The fourth-order valence-electron chi connectivity index (χ4n) is 4.68. The molecule has 0 spiro atoms. The summed E-state index contributed by atoms with van der Waals surface area (Å²) in [5.41, 5.74) is 12.1. The number of hydrogen-bond acceptors (Lipinski definition) is 17. The summed E-state index contributed by atoms with van der Waals surface area (Å²) >= 11 is 4.92. The standard InChI is InChI=1S/C21H27N7O13P2S/c22-17-12-19(25-7-24-17)28(8-26-12)21-14(31)13(30)11(39-21)6-37-42(33,34)41-43(35,36)40-16-10(5-29)38-20(15(16)32)27-3-1-2-9(4-27)18(23)44/h1-4,7-8,10-11,13-16,20-21,29-32H,5-6H2,(H5-,22,23,24,25,33,34,35,36,44)/t10-,11-,13-,14?,15-,16-,20-,21-/m1/s1. The van der Waals surface area contributed by atoms with E-state index in [0.29, 0.717) is 5.56 Å². The molecule has 9 N–H and O–H groups in total. The van der Waals surface area contributed by atoms with Gasteiger partial charge in [0, 0.05) is 6.07 Å². The number of nitrogen functional groups attached to an aromatic ring is 1. The summed E-state index contributed by atoms with van der Waals surface area (Å²) in [5, 5.41) is 41.4. The highest BCUT2D eigenvalue weighted by atomic mass is 32.1. The lowest BCUT2D eigenvalue weighted by atomic mass is 10.1. The molecule has 2 aliphatic rings. The minimum absolute atomic E-state index is 0.0324. The van der Waals surface area contributed by atoms with E-state index in [1.54, 1.807) is 6.07 Å². The first-order valence-electron chi connectivity index (χ1n) is 12.6. The number of thiocarbonyl (C=S) groups is 1. The first-order chi connectivity index (χ1) is 20.7. The van der Waals surface area contributed by atoms with Crippen LogP contribution in [0.25, 0.3) is 11.2 Å². The van der Waals surface area contributed by atoms with Crippen molar-refractivity contribution in [3.8, 4) is 0 Å². The Morgan fingerprint density at radius 1 is 1.16 bits per heavy atom. The Labute approximate surface area is 252 Å². The summed E-state index contributed by atoms with van der Waals surface area (Å²) in [4.78, 5) is 34.6. The van der Waals surface area contributed by atoms with Gasteiger partial charge in [-0.25, -0.2) is 23.8 Å². The van der Waals surface area contributed by atoms with Crippen molar-refractivity contribution in [1.29, 1.82) is 0 Å². The molecule has 0 aromatic carbocycles. The van der Waals surface area contributed by atoms with E-state index < -0.39 is 77.9 Å². The number of aliphatic hydroxyl groups is 4. The van der Waals surface area contributed by atoms with E-state index in [2.05, 4.69) is 19.3 Å². The van der Waals surface area contributed by atoms with Gasteiger partial charge in [-0.3, -0.25) is 13.7 Å². The molecule has 2 saturated heterocycles. The molecule has 2 aliphatic heterocycles. The Hall–Kier alpha value is -2.59. The van der Waals surface area contributed by atoms with Crippen molar-refractivity contribution in [2.75, 3.05) is 18.9 Å². The van der Waals surface area contributed by atoms with E-state index in [1.807, 2.05) is 0 Å². The van der Waals surface area contributed by atoms with Crippen LogP contribution in [0.1, 0.15) is 18.0 Å². The van der Waals surface area contributed by atoms with Crippen LogP contribution in [0.2, 0.25) is 0 Å². The van der Waals surface area contributed by atoms with Gasteiger partial charge in [0.1, 0.15) is 47.4 Å². The van der Waals surface area contributed by atoms with Crippen LogP contribution >= 0.6 is 27.9 Å². The highest BCUT2D eigenvalue weighted by molar-refractivity contribution is 7.80. The Balaban J connectivity index is 1.22. The predicted octanol–water partition coefficient (Wildman–Crippen LogP) is -3.11. The van der Waals surface area contributed by atoms with Crippen LogP contribution in [0, 0.1) is 0 Å². The zero-order valence-corrected chi connectivity index (χ0v) is 24.8. The Bertz CT molecular complexity index is 1630. The summed E-state index contributed by atoms with van der Waals surface area (Å²) in [6.45, 7) is -1.75. The second-order valence-electron chi connectivity index (χ2n) is 9.63. The first-order valence-corrected chi connectivity index (χ1v) is 16.0. The number of nitrogens with two attached hydrogens (primary N) is 2. The molecule has 2 fully saturated rings. The van der Waals surface area contributed by atoms with Gasteiger partial charge in [-0.1, -0.05) is 12.2 Å². The highest BCUT2D eigenvalue weighted by Gasteiger charge is 2.52. The van der Waals surface area contributed by atoms with E-state index in [1.165, 1.54) is 33.9 Å². The van der Waals surface area contributed by atoms with Gasteiger partial charge in [-0.05, 0) is 6.07 Å². The number of nitrogens with zero attached hydrogens (tertiary/aromatic N) is 5. The molecule has 10 atom stereocenters. The molecule has 0 aliphatic carbocycles. The van der Waals surface area contributed by atoms with Gasteiger partial charge < -0.3 is 55.7 Å². The van der Waals surface area contributed by atoms with Crippen LogP contribution in [-0.4, -0.2) is 99.7 Å². The van der Waals surface area contributed by atoms with Crippen molar-refractivity contribution >= 4 is 49.8 Å². The number of phosphoric ester groups is 2. The third-order valence-electron chi connectivity index (χ3n) is 6.74. The topological polar surface area (TPSA) is 304 Å². The predicted molar refractivity (Wildman–Crippen MR) is 145 cm³/mol. The maximum atomic E-state index is 12.6. The van der Waals surface area contributed by atoms with Crippen molar-refractivity contribution in [3.63, 3.8) is 0 Å². The molecule has 44 heavy (non-hydrogen) atoms. The van der Waals surface area contributed by atoms with E-state index in [4.69, 9.17) is 42.2 Å². The molecular weight excluding hydrogens is 652 g/mol. The molecule has 5 heterocycles. The molecule has 3 aromatic heterocycles. The number of phosphoric acid groups is 2. The lowest BCUT2D eigenvalue weighted by Gasteiger charge is -2.29. The first kappa shape index (κ1) is 32.8. The third kappa shape index (κ3) is 6.66. The SMILES string of the molecule is NC(=S)c1ccc[n+]([C@@H]2O[C@H](CO)[C@@H](OP(=O)([O-])OP(=O)(O)OC[C@H]3O[C@@H](n4cnc5c(N)ncnc54)C(O)[C@@H]3O)[C@H]2O)c1. The third-order valence-corrected chi connectivity index (χ3v) is 9.58. The number of aromatic nitrogens is 5. The maximum absolute atomic E-state index is 12.6. The lowest BCUT2D eigenvalue weighted by molar-refractivity contribution is -0.765. The normalized spacial score (nSPS) is 31.6. The Morgan fingerprint density at radius 2 is 1.91 bits per heavy atom. The van der Waals surface area contributed by atoms with Crippen molar-refractivity contribution in [3.05, 3.63) is 42.7 Å². The minimum Gasteiger partial charge on any atom is -0.756 e. The molecule has 5 rings (SSSR count). The average Bonchev–Trinajstić information content (AvgIpc) is 3.61. The Morgan fingerprint density at radius 3 is 2.61 bits per heavy atom. The fraction of sp³-hybridized carbons (Fsp3) is 0.476. The molecular formula is C21H27N7O13P2S. The van der Waals surface area contributed by atoms with Gasteiger partial charge in [0.15, 0.2) is 36.2 Å². The quantitative estimate of drug-likeness (QED) is 0.0599. The second kappa shape index (κ2) is 12.7. The highest BCUT2D eigenvalue weighted by Crippen LogP contribution is 2.59. The molecule has 0 saturated carbocycles. The van der Waals surface area contributed by atoms with Crippen LogP contribution < -0.4 is 20.9 Å². The largest absolute Gasteiger partial charge is 0.756 e. The molecule has 0 radical (unpaired) electrons. The van der Waals surface area contributed by atoms with Gasteiger partial charge in [0.25, 0.3) is 14.1 Å². The number of pyridine rings is 1.